The lowest BCUT2D eigenvalue weighted by Gasteiger charge is -2.31. The van der Waals surface area contributed by atoms with Crippen molar-refractivity contribution < 1.29 is 4.79 Å². The van der Waals surface area contributed by atoms with Crippen LogP contribution in [0.2, 0.25) is 0 Å². The molecule has 1 aliphatic rings. The summed E-state index contributed by atoms with van der Waals surface area (Å²) < 4.78 is 1.64. The van der Waals surface area contributed by atoms with E-state index in [-0.39, 0.29) is 17.9 Å². The van der Waals surface area contributed by atoms with Gasteiger partial charge in [0.2, 0.25) is 5.91 Å². The van der Waals surface area contributed by atoms with Crippen molar-refractivity contribution in [1.82, 2.24) is 19.5 Å². The van der Waals surface area contributed by atoms with Crippen LogP contribution in [0.1, 0.15) is 54.6 Å². The molecule has 3 aromatic rings. The maximum Gasteiger partial charge on any atom is 0.266 e. The van der Waals surface area contributed by atoms with E-state index in [9.17, 15) is 9.59 Å². The van der Waals surface area contributed by atoms with Crippen molar-refractivity contribution in [2.75, 3.05) is 12.4 Å². The van der Waals surface area contributed by atoms with Crippen molar-refractivity contribution in [1.29, 1.82) is 0 Å². The SMILES string of the molecule is Cc1nc2cc(=O)[nH]n2c(C)c1CC(=O)Nc1ccccc1CN(C)C1CCCCC1. The molecule has 0 unspecified atom stereocenters. The van der Waals surface area contributed by atoms with Crippen molar-refractivity contribution >= 4 is 17.2 Å². The number of anilines is 1. The molecule has 2 N–H and O–H groups in total. The molecule has 2 aromatic heterocycles. The van der Waals surface area contributed by atoms with E-state index in [1.54, 1.807) is 4.52 Å². The van der Waals surface area contributed by atoms with Crippen LogP contribution in [-0.2, 0) is 17.8 Å². The maximum atomic E-state index is 12.9. The summed E-state index contributed by atoms with van der Waals surface area (Å²) in [5.41, 5.74) is 4.76. The first-order valence-electron chi connectivity index (χ1n) is 11.1. The van der Waals surface area contributed by atoms with Crippen LogP contribution >= 0.6 is 0 Å². The van der Waals surface area contributed by atoms with E-state index in [4.69, 9.17) is 0 Å². The first-order chi connectivity index (χ1) is 14.9. The Labute approximate surface area is 182 Å². The molecule has 7 heteroatoms. The Morgan fingerprint density at radius 2 is 1.97 bits per heavy atom. The Morgan fingerprint density at radius 1 is 1.23 bits per heavy atom. The Balaban J connectivity index is 1.49. The fourth-order valence-corrected chi connectivity index (χ4v) is 4.67. The Bertz CT molecular complexity index is 1140. The highest BCUT2D eigenvalue weighted by molar-refractivity contribution is 5.93. The maximum absolute atomic E-state index is 12.9. The molecule has 0 radical (unpaired) electrons. The number of aromatic amines is 1. The van der Waals surface area contributed by atoms with E-state index in [0.29, 0.717) is 11.7 Å². The standard InChI is InChI=1S/C24H31N5O2/c1-16-20(17(2)29-22(25-16)14-24(31)27-29)13-23(30)26-21-12-8-7-9-18(21)15-28(3)19-10-5-4-6-11-19/h7-9,12,14,19H,4-6,10-11,13,15H2,1-3H3,(H,26,30)(H,27,31). The molecule has 1 amide bonds. The minimum atomic E-state index is -0.201. The first kappa shape index (κ1) is 21.3. The number of benzene rings is 1. The average molecular weight is 422 g/mol. The molecule has 0 bridgehead atoms. The van der Waals surface area contributed by atoms with Gasteiger partial charge in [0.1, 0.15) is 0 Å². The summed E-state index contributed by atoms with van der Waals surface area (Å²) in [5, 5.41) is 5.84. The van der Waals surface area contributed by atoms with Crippen molar-refractivity contribution in [2.45, 2.75) is 65.0 Å². The van der Waals surface area contributed by atoms with Crippen LogP contribution in [0.15, 0.2) is 35.1 Å². The van der Waals surface area contributed by atoms with Gasteiger partial charge in [-0.05, 0) is 45.4 Å². The number of aromatic nitrogens is 3. The van der Waals surface area contributed by atoms with Gasteiger partial charge in [0.25, 0.3) is 5.56 Å². The van der Waals surface area contributed by atoms with Crippen LogP contribution < -0.4 is 10.9 Å². The monoisotopic (exact) mass is 421 g/mol. The minimum Gasteiger partial charge on any atom is -0.325 e. The Kier molecular flexibility index (Phi) is 6.23. The number of fused-ring (bicyclic) bond motifs is 1. The number of nitrogens with one attached hydrogen (secondary N) is 2. The third kappa shape index (κ3) is 4.71. The Hall–Kier alpha value is -2.93. The summed E-state index contributed by atoms with van der Waals surface area (Å²) in [6.45, 7) is 4.59. The second-order valence-electron chi connectivity index (χ2n) is 8.66. The predicted molar refractivity (Wildman–Crippen MR) is 122 cm³/mol. The third-order valence-electron chi connectivity index (χ3n) is 6.45. The fraction of sp³-hybridized carbons (Fsp3) is 0.458. The van der Waals surface area contributed by atoms with Crippen molar-refractivity contribution in [3.05, 3.63) is 63.2 Å². The number of aryl methyl sites for hydroxylation is 2. The summed E-state index contributed by atoms with van der Waals surface area (Å²) in [4.78, 5) is 31.5. The van der Waals surface area contributed by atoms with E-state index in [1.165, 1.54) is 38.2 Å². The van der Waals surface area contributed by atoms with Crippen molar-refractivity contribution in [2.24, 2.45) is 0 Å². The summed E-state index contributed by atoms with van der Waals surface area (Å²) >= 11 is 0. The summed E-state index contributed by atoms with van der Waals surface area (Å²) in [6.07, 6.45) is 6.65. The molecule has 0 aliphatic heterocycles. The molecule has 164 valence electrons. The second kappa shape index (κ2) is 9.06. The van der Waals surface area contributed by atoms with Crippen LogP contribution in [0, 0.1) is 13.8 Å². The number of nitrogens with zero attached hydrogens (tertiary/aromatic N) is 3. The van der Waals surface area contributed by atoms with E-state index in [0.717, 1.165) is 34.7 Å². The highest BCUT2D eigenvalue weighted by atomic mass is 16.1. The van der Waals surface area contributed by atoms with Gasteiger partial charge in [0.15, 0.2) is 5.65 Å². The topological polar surface area (TPSA) is 82.5 Å². The van der Waals surface area contributed by atoms with Gasteiger partial charge in [-0.1, -0.05) is 37.5 Å². The highest BCUT2D eigenvalue weighted by Crippen LogP contribution is 2.25. The predicted octanol–water partition coefficient (Wildman–Crippen LogP) is 3.59. The van der Waals surface area contributed by atoms with Gasteiger partial charge in [0.05, 0.1) is 6.42 Å². The molecule has 7 nitrogen and oxygen atoms in total. The molecule has 0 atom stereocenters. The minimum absolute atomic E-state index is 0.0883. The number of hydrogen-bond donors (Lipinski definition) is 2. The molecule has 1 saturated carbocycles. The molecular formula is C24H31N5O2. The summed E-state index contributed by atoms with van der Waals surface area (Å²) in [6, 6.07) is 10.1. The van der Waals surface area contributed by atoms with Gasteiger partial charge in [0, 0.05) is 41.3 Å². The summed E-state index contributed by atoms with van der Waals surface area (Å²) in [7, 11) is 2.18. The van der Waals surface area contributed by atoms with Gasteiger partial charge in [-0.2, -0.15) is 0 Å². The smallest absolute Gasteiger partial charge is 0.266 e. The number of rotatable bonds is 6. The molecule has 1 fully saturated rings. The molecule has 2 heterocycles. The molecule has 1 aromatic carbocycles. The zero-order valence-electron chi connectivity index (χ0n) is 18.6. The van der Waals surface area contributed by atoms with E-state index >= 15 is 0 Å². The zero-order chi connectivity index (χ0) is 22.0. The van der Waals surface area contributed by atoms with Crippen LogP contribution in [0.4, 0.5) is 5.69 Å². The molecule has 31 heavy (non-hydrogen) atoms. The quantitative estimate of drug-likeness (QED) is 0.637. The molecule has 0 spiro atoms. The lowest BCUT2D eigenvalue weighted by atomic mass is 9.94. The van der Waals surface area contributed by atoms with Crippen molar-refractivity contribution in [3.63, 3.8) is 0 Å². The van der Waals surface area contributed by atoms with E-state index < -0.39 is 0 Å². The van der Waals surface area contributed by atoms with Crippen LogP contribution in [-0.4, -0.2) is 38.5 Å². The number of hydrogen-bond acceptors (Lipinski definition) is 4. The third-order valence-corrected chi connectivity index (χ3v) is 6.45. The van der Waals surface area contributed by atoms with Gasteiger partial charge in [-0.3, -0.25) is 19.6 Å². The largest absolute Gasteiger partial charge is 0.325 e. The van der Waals surface area contributed by atoms with Crippen LogP contribution in [0.25, 0.3) is 5.65 Å². The zero-order valence-corrected chi connectivity index (χ0v) is 18.6. The average Bonchev–Trinajstić information content (AvgIpc) is 3.13. The molecular weight excluding hydrogens is 390 g/mol. The number of carbonyl (C=O) groups is 1. The lowest BCUT2D eigenvalue weighted by molar-refractivity contribution is -0.115. The number of H-pyrrole nitrogens is 1. The van der Waals surface area contributed by atoms with Gasteiger partial charge in [-0.25, -0.2) is 9.50 Å². The number of carbonyl (C=O) groups excluding carboxylic acids is 1. The molecule has 0 saturated heterocycles. The first-order valence-corrected chi connectivity index (χ1v) is 11.1. The highest BCUT2D eigenvalue weighted by Gasteiger charge is 2.20. The molecule has 4 rings (SSSR count). The second-order valence-corrected chi connectivity index (χ2v) is 8.66. The number of amides is 1. The normalized spacial score (nSPS) is 15.0. The van der Waals surface area contributed by atoms with Crippen LogP contribution in [0.3, 0.4) is 0 Å². The lowest BCUT2D eigenvalue weighted by Crippen LogP contribution is -2.33. The summed E-state index contributed by atoms with van der Waals surface area (Å²) in [5.74, 6) is -0.0883. The van der Waals surface area contributed by atoms with Crippen molar-refractivity contribution in [3.8, 4) is 0 Å². The van der Waals surface area contributed by atoms with Gasteiger partial charge in [-0.15, -0.1) is 0 Å². The molecule has 1 aliphatic carbocycles. The fourth-order valence-electron chi connectivity index (χ4n) is 4.67. The van der Waals surface area contributed by atoms with E-state index in [1.807, 2.05) is 32.0 Å². The van der Waals surface area contributed by atoms with Gasteiger partial charge >= 0.3 is 0 Å². The Morgan fingerprint density at radius 3 is 2.74 bits per heavy atom. The van der Waals surface area contributed by atoms with Crippen LogP contribution in [0.5, 0.6) is 0 Å². The van der Waals surface area contributed by atoms with E-state index in [2.05, 4.69) is 33.4 Å². The number of para-hydroxylation sites is 1. The van der Waals surface area contributed by atoms with Gasteiger partial charge < -0.3 is 5.32 Å².